The lowest BCUT2D eigenvalue weighted by atomic mass is 10.1. The van der Waals surface area contributed by atoms with E-state index in [1.54, 1.807) is 24.9 Å². The Balaban J connectivity index is 1.61. The summed E-state index contributed by atoms with van der Waals surface area (Å²) in [6.07, 6.45) is 0.723. The normalized spacial score (nSPS) is 18.2. The molecule has 21 heavy (non-hydrogen) atoms. The predicted molar refractivity (Wildman–Crippen MR) is 82.4 cm³/mol. The number of nitrogens with zero attached hydrogens (tertiary/aromatic N) is 1. The minimum Gasteiger partial charge on any atom is -0.408 e. The second kappa shape index (κ2) is 5.95. The molecule has 3 rings (SSSR count). The summed E-state index contributed by atoms with van der Waals surface area (Å²) >= 11 is 1.73. The van der Waals surface area contributed by atoms with Crippen molar-refractivity contribution in [1.29, 1.82) is 0 Å². The highest BCUT2D eigenvalue weighted by molar-refractivity contribution is 7.99. The number of aromatic nitrogens is 1. The molecule has 0 radical (unpaired) electrons. The molecule has 6 nitrogen and oxygen atoms in total. The summed E-state index contributed by atoms with van der Waals surface area (Å²) in [5, 5.41) is 6.07. The van der Waals surface area contributed by atoms with Crippen molar-refractivity contribution >= 4 is 28.8 Å². The third-order valence-electron chi connectivity index (χ3n) is 3.60. The van der Waals surface area contributed by atoms with Gasteiger partial charge < -0.3 is 9.73 Å². The number of oxazole rings is 1. The minimum absolute atomic E-state index is 0.0526. The van der Waals surface area contributed by atoms with Gasteiger partial charge in [0.1, 0.15) is 0 Å². The van der Waals surface area contributed by atoms with Crippen LogP contribution in [0.5, 0.6) is 0 Å². The molecule has 1 unspecified atom stereocenters. The summed E-state index contributed by atoms with van der Waals surface area (Å²) in [7, 11) is 1.68. The fraction of sp³-hybridized carbons (Fsp3) is 0.429. The average molecular weight is 307 g/mol. The van der Waals surface area contributed by atoms with Crippen molar-refractivity contribution in [1.82, 2.24) is 15.2 Å². The minimum atomic E-state index is -0.361. The first-order valence-corrected chi connectivity index (χ1v) is 7.98. The molecule has 1 aliphatic heterocycles. The van der Waals surface area contributed by atoms with Crippen LogP contribution in [0.4, 0.5) is 0 Å². The Morgan fingerprint density at radius 2 is 2.43 bits per heavy atom. The van der Waals surface area contributed by atoms with Gasteiger partial charge in [-0.2, -0.15) is 0 Å². The highest BCUT2D eigenvalue weighted by atomic mass is 32.2. The average Bonchev–Trinajstić information content (AvgIpc) is 3.09. The molecule has 2 N–H and O–H groups in total. The van der Waals surface area contributed by atoms with Crippen LogP contribution >= 0.6 is 11.8 Å². The van der Waals surface area contributed by atoms with Gasteiger partial charge >= 0.3 is 5.76 Å². The molecule has 112 valence electrons. The Labute approximate surface area is 125 Å². The fourth-order valence-electron chi connectivity index (χ4n) is 2.34. The number of carbonyl (C=O) groups is 1. The van der Waals surface area contributed by atoms with E-state index in [0.29, 0.717) is 12.1 Å². The van der Waals surface area contributed by atoms with Gasteiger partial charge in [-0.3, -0.25) is 14.7 Å². The van der Waals surface area contributed by atoms with Crippen molar-refractivity contribution in [3.8, 4) is 0 Å². The molecular weight excluding hydrogens is 290 g/mol. The number of rotatable bonds is 4. The van der Waals surface area contributed by atoms with E-state index in [4.69, 9.17) is 4.42 Å². The van der Waals surface area contributed by atoms with E-state index in [0.717, 1.165) is 29.1 Å². The lowest BCUT2D eigenvalue weighted by molar-refractivity contribution is -0.122. The Morgan fingerprint density at radius 3 is 3.19 bits per heavy atom. The molecule has 2 heterocycles. The monoisotopic (exact) mass is 307 g/mol. The molecule has 7 heteroatoms. The smallest absolute Gasteiger partial charge is 0.408 e. The zero-order valence-corrected chi connectivity index (χ0v) is 12.5. The number of aryl methyl sites for hydroxylation is 1. The van der Waals surface area contributed by atoms with Gasteiger partial charge in [-0.1, -0.05) is 6.07 Å². The number of benzene rings is 1. The van der Waals surface area contributed by atoms with Crippen molar-refractivity contribution in [3.63, 3.8) is 0 Å². The maximum atomic E-state index is 11.9. The molecule has 1 aromatic carbocycles. The lowest BCUT2D eigenvalue weighted by Crippen LogP contribution is -2.42. The van der Waals surface area contributed by atoms with Crippen LogP contribution < -0.4 is 16.4 Å². The van der Waals surface area contributed by atoms with Crippen LogP contribution in [0.15, 0.2) is 27.4 Å². The van der Waals surface area contributed by atoms with Gasteiger partial charge in [-0.15, -0.1) is 11.8 Å². The Hall–Kier alpha value is -1.73. The molecule has 2 aromatic rings. The Kier molecular flexibility index (Phi) is 4.03. The van der Waals surface area contributed by atoms with E-state index in [2.05, 4.69) is 10.6 Å². The predicted octanol–water partition coefficient (Wildman–Crippen LogP) is 0.453. The maximum Gasteiger partial charge on any atom is 0.419 e. The highest BCUT2D eigenvalue weighted by Crippen LogP contribution is 2.14. The summed E-state index contributed by atoms with van der Waals surface area (Å²) in [4.78, 5) is 23.3. The van der Waals surface area contributed by atoms with Crippen LogP contribution in [0.1, 0.15) is 5.56 Å². The summed E-state index contributed by atoms with van der Waals surface area (Å²) in [6.45, 7) is 0.582. The van der Waals surface area contributed by atoms with Crippen LogP contribution in [0.25, 0.3) is 11.1 Å². The van der Waals surface area contributed by atoms with Crippen LogP contribution in [0, 0.1) is 0 Å². The van der Waals surface area contributed by atoms with E-state index in [9.17, 15) is 9.59 Å². The number of nitrogens with one attached hydrogen (secondary N) is 2. The van der Waals surface area contributed by atoms with Crippen LogP contribution in [0.3, 0.4) is 0 Å². The van der Waals surface area contributed by atoms with Gasteiger partial charge in [0.05, 0.1) is 11.6 Å². The maximum absolute atomic E-state index is 11.9. The molecule has 1 fully saturated rings. The van der Waals surface area contributed by atoms with Crippen molar-refractivity contribution in [2.75, 3.05) is 18.2 Å². The Morgan fingerprint density at radius 1 is 1.57 bits per heavy atom. The van der Waals surface area contributed by atoms with Crippen molar-refractivity contribution < 1.29 is 9.21 Å². The summed E-state index contributed by atoms with van der Waals surface area (Å²) < 4.78 is 6.57. The molecule has 1 atom stereocenters. The van der Waals surface area contributed by atoms with E-state index in [-0.39, 0.29) is 17.7 Å². The van der Waals surface area contributed by atoms with Gasteiger partial charge in [0.25, 0.3) is 0 Å². The number of carbonyl (C=O) groups excluding carboxylic acids is 1. The number of thioether (sulfide) groups is 1. The SMILES string of the molecule is Cn1c(=O)oc2ccc(CCNC(=O)C3CSCN3)cc21. The Bertz CT molecular complexity index is 716. The van der Waals surface area contributed by atoms with Crippen molar-refractivity contribution in [3.05, 3.63) is 34.3 Å². The molecule has 0 spiro atoms. The first kappa shape index (κ1) is 14.2. The summed E-state index contributed by atoms with van der Waals surface area (Å²) in [5.41, 5.74) is 2.42. The molecule has 0 saturated carbocycles. The molecular formula is C14H17N3O3S. The largest absolute Gasteiger partial charge is 0.419 e. The number of hydrogen-bond donors (Lipinski definition) is 2. The standard InChI is InChI=1S/C14H17N3O3S/c1-17-11-6-9(2-3-12(11)20-14(17)19)4-5-15-13(18)10-7-21-8-16-10/h2-3,6,10,16H,4-5,7-8H2,1H3,(H,15,18). The zero-order chi connectivity index (χ0) is 14.8. The number of amides is 1. The molecule has 1 saturated heterocycles. The summed E-state index contributed by atoms with van der Waals surface area (Å²) in [6, 6.07) is 5.56. The number of fused-ring (bicyclic) bond motifs is 1. The van der Waals surface area contributed by atoms with Crippen molar-refractivity contribution in [2.45, 2.75) is 12.5 Å². The molecule has 1 aromatic heterocycles. The number of hydrogen-bond acceptors (Lipinski definition) is 5. The molecule has 0 aliphatic carbocycles. The van der Waals surface area contributed by atoms with Crippen LogP contribution in [-0.2, 0) is 18.3 Å². The van der Waals surface area contributed by atoms with Crippen LogP contribution in [0.2, 0.25) is 0 Å². The molecule has 0 bridgehead atoms. The molecule has 1 aliphatic rings. The first-order chi connectivity index (χ1) is 10.1. The second-order valence-electron chi connectivity index (χ2n) is 5.04. The molecule has 1 amide bonds. The van der Waals surface area contributed by atoms with Gasteiger partial charge in [0, 0.05) is 25.2 Å². The van der Waals surface area contributed by atoms with E-state index < -0.39 is 0 Å². The third kappa shape index (κ3) is 2.98. The van der Waals surface area contributed by atoms with Gasteiger partial charge in [0.15, 0.2) is 5.58 Å². The van der Waals surface area contributed by atoms with E-state index in [1.807, 2.05) is 12.1 Å². The van der Waals surface area contributed by atoms with E-state index >= 15 is 0 Å². The van der Waals surface area contributed by atoms with Crippen LogP contribution in [-0.4, -0.2) is 34.7 Å². The van der Waals surface area contributed by atoms with Crippen molar-refractivity contribution in [2.24, 2.45) is 7.05 Å². The topological polar surface area (TPSA) is 76.3 Å². The van der Waals surface area contributed by atoms with E-state index in [1.165, 1.54) is 4.57 Å². The highest BCUT2D eigenvalue weighted by Gasteiger charge is 2.21. The third-order valence-corrected chi connectivity index (χ3v) is 4.54. The van der Waals surface area contributed by atoms with Gasteiger partial charge in [0.2, 0.25) is 5.91 Å². The van der Waals surface area contributed by atoms with Gasteiger partial charge in [-0.05, 0) is 24.1 Å². The first-order valence-electron chi connectivity index (χ1n) is 6.82. The van der Waals surface area contributed by atoms with Gasteiger partial charge in [-0.25, -0.2) is 4.79 Å². The fourth-order valence-corrected chi connectivity index (χ4v) is 3.29. The summed E-state index contributed by atoms with van der Waals surface area (Å²) in [5.74, 6) is 1.36. The quantitative estimate of drug-likeness (QED) is 0.858. The second-order valence-corrected chi connectivity index (χ2v) is 6.07. The lowest BCUT2D eigenvalue weighted by Gasteiger charge is -2.10. The zero-order valence-electron chi connectivity index (χ0n) is 11.7.